The predicted octanol–water partition coefficient (Wildman–Crippen LogP) is 5.86. The second-order valence-corrected chi connectivity index (χ2v) is 9.19. The summed E-state index contributed by atoms with van der Waals surface area (Å²) in [4.78, 5) is 24.3. The molecule has 1 heterocycles. The van der Waals surface area contributed by atoms with Crippen LogP contribution in [0.25, 0.3) is 10.9 Å². The smallest absolute Gasteiger partial charge is 0.416 e. The van der Waals surface area contributed by atoms with Crippen LogP contribution in [0, 0.1) is 17.7 Å². The maximum Gasteiger partial charge on any atom is 0.416 e. The number of hydrogen-bond donors (Lipinski definition) is 2. The number of hydrogen-bond acceptors (Lipinski definition) is 2. The van der Waals surface area contributed by atoms with Gasteiger partial charge in [0.05, 0.1) is 22.6 Å². The first-order chi connectivity index (χ1) is 16.6. The van der Waals surface area contributed by atoms with Crippen molar-refractivity contribution in [2.45, 2.75) is 51.4 Å². The largest absolute Gasteiger partial charge is 0.481 e. The monoisotopic (exact) mass is 490 g/mol. The number of rotatable bonds is 8. The number of fused-ring (bicyclic) bond motifs is 1. The predicted molar refractivity (Wildman–Crippen MR) is 122 cm³/mol. The minimum Gasteiger partial charge on any atom is -0.481 e. The lowest BCUT2D eigenvalue weighted by atomic mass is 9.74. The fourth-order valence-electron chi connectivity index (χ4n) is 4.76. The molecule has 9 heteroatoms. The lowest BCUT2D eigenvalue weighted by Crippen LogP contribution is -2.45. The summed E-state index contributed by atoms with van der Waals surface area (Å²) < 4.78 is 55.0. The Morgan fingerprint density at radius 2 is 1.80 bits per heavy atom. The van der Waals surface area contributed by atoms with E-state index < -0.39 is 35.4 Å². The summed E-state index contributed by atoms with van der Waals surface area (Å²) in [5.74, 6) is -2.27. The number of benzene rings is 2. The number of nitrogens with one attached hydrogen (secondary N) is 1. The Bertz CT molecular complexity index is 1230. The third kappa shape index (κ3) is 5.33. The molecule has 5 nitrogen and oxygen atoms in total. The zero-order valence-electron chi connectivity index (χ0n) is 19.1. The van der Waals surface area contributed by atoms with Crippen LogP contribution in [0.15, 0.2) is 48.7 Å². The molecule has 1 fully saturated rings. The van der Waals surface area contributed by atoms with Crippen LogP contribution >= 0.6 is 0 Å². The van der Waals surface area contributed by atoms with E-state index in [1.165, 1.54) is 18.2 Å². The maximum absolute atomic E-state index is 14.8. The molecule has 186 valence electrons. The molecule has 0 unspecified atom stereocenters. The van der Waals surface area contributed by atoms with Gasteiger partial charge in [-0.1, -0.05) is 19.1 Å². The average Bonchev–Trinajstić information content (AvgIpc) is 3.17. The SMILES string of the molecule is CC[C@H](CC1CC(NC(=O)c2c(F)ccc3ccn(Cc4ccc(C(F)(F)F)cc4)c23)C1)C(=O)O. The second-order valence-electron chi connectivity index (χ2n) is 9.19. The van der Waals surface area contributed by atoms with Gasteiger partial charge in [-0.15, -0.1) is 0 Å². The molecule has 0 saturated heterocycles. The Kier molecular flexibility index (Phi) is 6.87. The van der Waals surface area contributed by atoms with Gasteiger partial charge in [0.15, 0.2) is 0 Å². The van der Waals surface area contributed by atoms with Gasteiger partial charge in [-0.05, 0) is 67.5 Å². The van der Waals surface area contributed by atoms with E-state index in [9.17, 15) is 32.3 Å². The first-order valence-electron chi connectivity index (χ1n) is 11.5. The number of alkyl halides is 3. The summed E-state index contributed by atoms with van der Waals surface area (Å²) in [6, 6.07) is 9.07. The van der Waals surface area contributed by atoms with Crippen LogP contribution in [-0.4, -0.2) is 27.6 Å². The van der Waals surface area contributed by atoms with E-state index >= 15 is 0 Å². The zero-order chi connectivity index (χ0) is 25.3. The van der Waals surface area contributed by atoms with Crippen LogP contribution < -0.4 is 5.32 Å². The van der Waals surface area contributed by atoms with Crippen LogP contribution in [0.4, 0.5) is 17.6 Å². The molecule has 4 rings (SSSR count). The number of carboxylic acids is 1. The van der Waals surface area contributed by atoms with E-state index in [0.717, 1.165) is 12.1 Å². The van der Waals surface area contributed by atoms with E-state index in [1.54, 1.807) is 22.9 Å². The van der Waals surface area contributed by atoms with Gasteiger partial charge in [-0.2, -0.15) is 13.2 Å². The fraction of sp³-hybridized carbons (Fsp3) is 0.385. The topological polar surface area (TPSA) is 71.3 Å². The van der Waals surface area contributed by atoms with Crippen LogP contribution in [0.2, 0.25) is 0 Å². The van der Waals surface area contributed by atoms with Crippen molar-refractivity contribution in [2.24, 2.45) is 11.8 Å². The zero-order valence-corrected chi connectivity index (χ0v) is 19.1. The highest BCUT2D eigenvalue weighted by molar-refractivity contribution is 6.06. The van der Waals surface area contributed by atoms with Gasteiger partial charge in [0.25, 0.3) is 5.91 Å². The lowest BCUT2D eigenvalue weighted by Gasteiger charge is -2.37. The molecular formula is C26H26F4N2O3. The van der Waals surface area contributed by atoms with Crippen LogP contribution in [0.3, 0.4) is 0 Å². The molecule has 0 radical (unpaired) electrons. The first-order valence-corrected chi connectivity index (χ1v) is 11.5. The molecule has 3 aromatic rings. The number of amides is 1. The molecule has 1 aliphatic carbocycles. The van der Waals surface area contributed by atoms with Gasteiger partial charge in [0.2, 0.25) is 0 Å². The highest BCUT2D eigenvalue weighted by Gasteiger charge is 2.34. The maximum atomic E-state index is 14.8. The van der Waals surface area contributed by atoms with Crippen LogP contribution in [0.5, 0.6) is 0 Å². The average molecular weight is 490 g/mol. The molecule has 0 aliphatic heterocycles. The summed E-state index contributed by atoms with van der Waals surface area (Å²) in [5, 5.41) is 12.7. The summed E-state index contributed by atoms with van der Waals surface area (Å²) >= 11 is 0. The minimum atomic E-state index is -4.43. The highest BCUT2D eigenvalue weighted by atomic mass is 19.4. The third-order valence-electron chi connectivity index (χ3n) is 6.77. The molecule has 2 N–H and O–H groups in total. The molecular weight excluding hydrogens is 464 g/mol. The van der Waals surface area contributed by atoms with E-state index in [4.69, 9.17) is 0 Å². The minimum absolute atomic E-state index is 0.111. The van der Waals surface area contributed by atoms with Crippen molar-refractivity contribution in [1.82, 2.24) is 9.88 Å². The van der Waals surface area contributed by atoms with E-state index in [2.05, 4.69) is 5.32 Å². The summed E-state index contributed by atoms with van der Waals surface area (Å²) in [7, 11) is 0. The quantitative estimate of drug-likeness (QED) is 0.389. The molecule has 1 aliphatic rings. The number of carbonyl (C=O) groups is 2. The Morgan fingerprint density at radius 1 is 1.11 bits per heavy atom. The van der Waals surface area contributed by atoms with Crippen molar-refractivity contribution in [2.75, 3.05) is 0 Å². The standard InChI is InChI=1S/C26H26F4N2O3/c1-2-17(25(34)35)11-16-12-20(13-16)31-24(33)22-21(27)8-5-18-9-10-32(23(18)22)14-15-3-6-19(7-4-15)26(28,29)30/h3-10,16-17,20H,2,11-14H2,1H3,(H,31,33)(H,34,35)/t16?,17-,20?/m1/s1. The molecule has 1 saturated carbocycles. The Hall–Kier alpha value is -3.36. The Morgan fingerprint density at radius 3 is 2.40 bits per heavy atom. The van der Waals surface area contributed by atoms with Gasteiger partial charge in [0, 0.05) is 24.2 Å². The number of aliphatic carboxylic acids is 1. The van der Waals surface area contributed by atoms with Crippen molar-refractivity contribution in [1.29, 1.82) is 0 Å². The fourth-order valence-corrected chi connectivity index (χ4v) is 4.76. The van der Waals surface area contributed by atoms with E-state index in [-0.39, 0.29) is 24.1 Å². The molecule has 0 bridgehead atoms. The molecule has 1 atom stereocenters. The van der Waals surface area contributed by atoms with Gasteiger partial charge in [-0.3, -0.25) is 9.59 Å². The first kappa shape index (κ1) is 24.8. The number of carbonyl (C=O) groups excluding carboxylic acids is 1. The molecule has 0 spiro atoms. The summed E-state index contributed by atoms with van der Waals surface area (Å²) in [5.41, 5.74) is 0.0871. The summed E-state index contributed by atoms with van der Waals surface area (Å²) in [6.45, 7) is 2.00. The van der Waals surface area contributed by atoms with Crippen molar-refractivity contribution < 1.29 is 32.3 Å². The molecule has 2 aromatic carbocycles. The van der Waals surface area contributed by atoms with Gasteiger partial charge in [-0.25, -0.2) is 4.39 Å². The van der Waals surface area contributed by atoms with Crippen molar-refractivity contribution in [3.63, 3.8) is 0 Å². The number of halogens is 4. The molecule has 1 aromatic heterocycles. The van der Waals surface area contributed by atoms with Crippen molar-refractivity contribution in [3.8, 4) is 0 Å². The molecule has 1 amide bonds. The van der Waals surface area contributed by atoms with Crippen molar-refractivity contribution in [3.05, 3.63) is 71.2 Å². The van der Waals surface area contributed by atoms with Crippen LogP contribution in [0.1, 0.15) is 54.1 Å². The Balaban J connectivity index is 1.50. The van der Waals surface area contributed by atoms with E-state index in [0.29, 0.717) is 42.1 Å². The summed E-state index contributed by atoms with van der Waals surface area (Å²) in [6.07, 6.45) is -0.378. The Labute approximate surface area is 199 Å². The van der Waals surface area contributed by atoms with Gasteiger partial charge >= 0.3 is 12.1 Å². The van der Waals surface area contributed by atoms with Crippen molar-refractivity contribution >= 4 is 22.8 Å². The molecule has 35 heavy (non-hydrogen) atoms. The van der Waals surface area contributed by atoms with Gasteiger partial charge < -0.3 is 15.0 Å². The normalized spacial score (nSPS) is 18.8. The van der Waals surface area contributed by atoms with Crippen LogP contribution in [-0.2, 0) is 17.5 Å². The lowest BCUT2D eigenvalue weighted by molar-refractivity contribution is -0.143. The third-order valence-corrected chi connectivity index (χ3v) is 6.77. The second kappa shape index (κ2) is 9.71. The number of aromatic nitrogens is 1. The van der Waals surface area contributed by atoms with E-state index in [1.807, 2.05) is 6.92 Å². The van der Waals surface area contributed by atoms with Gasteiger partial charge in [0.1, 0.15) is 5.82 Å². The number of carboxylic acid groups (broad SMARTS) is 1. The number of nitrogens with zero attached hydrogens (tertiary/aromatic N) is 1. The highest BCUT2D eigenvalue weighted by Crippen LogP contribution is 2.35.